The lowest BCUT2D eigenvalue weighted by Gasteiger charge is -2.32. The van der Waals surface area contributed by atoms with Crippen LogP contribution in [-0.2, 0) is 33.3 Å². The van der Waals surface area contributed by atoms with Crippen LogP contribution in [-0.4, -0.2) is 53.2 Å². The molecule has 220 valence electrons. The molecule has 0 unspecified atom stereocenters. The summed E-state index contributed by atoms with van der Waals surface area (Å²) in [7, 11) is -8.93. The smallest absolute Gasteiger partial charge is 0.332 e. The molecule has 2 N–H and O–H groups in total. The van der Waals surface area contributed by atoms with E-state index >= 15 is 0 Å². The van der Waals surface area contributed by atoms with Gasteiger partial charge in [-0.05, 0) is 54.5 Å². The van der Waals surface area contributed by atoms with Gasteiger partial charge in [0.15, 0.2) is 0 Å². The summed E-state index contributed by atoms with van der Waals surface area (Å²) >= 11 is 0. The second kappa shape index (κ2) is 12.1. The maximum absolute atomic E-state index is 13.6. The van der Waals surface area contributed by atoms with Crippen LogP contribution in [0.25, 0.3) is 0 Å². The molecule has 1 fully saturated rings. The van der Waals surface area contributed by atoms with Crippen molar-refractivity contribution in [2.45, 2.75) is 70.4 Å². The van der Waals surface area contributed by atoms with Crippen molar-refractivity contribution in [2.24, 2.45) is 5.92 Å². The number of ether oxygens (including phenoxy) is 1. The Morgan fingerprint density at radius 3 is 2.42 bits per heavy atom. The number of hydrogen-bond donors (Lipinski definition) is 2. The molecule has 1 heterocycles. The molecular formula is C28H41N3O6S2Si. The van der Waals surface area contributed by atoms with Gasteiger partial charge < -0.3 is 9.84 Å². The lowest BCUT2D eigenvalue weighted by Crippen LogP contribution is -2.42. The Morgan fingerprint density at radius 2 is 1.75 bits per heavy atom. The molecule has 0 spiro atoms. The Labute approximate surface area is 240 Å². The van der Waals surface area contributed by atoms with E-state index in [0.29, 0.717) is 23.9 Å². The highest BCUT2D eigenvalue weighted by Crippen LogP contribution is 2.39. The van der Waals surface area contributed by atoms with Crippen molar-refractivity contribution >= 4 is 34.0 Å². The van der Waals surface area contributed by atoms with Gasteiger partial charge in [-0.25, -0.2) is 21.8 Å². The van der Waals surface area contributed by atoms with E-state index in [1.165, 1.54) is 12.5 Å². The van der Waals surface area contributed by atoms with Crippen molar-refractivity contribution in [3.63, 3.8) is 0 Å². The fraction of sp³-hybridized carbons (Fsp3) is 0.500. The van der Waals surface area contributed by atoms with Gasteiger partial charge in [-0.1, -0.05) is 68.9 Å². The van der Waals surface area contributed by atoms with Gasteiger partial charge in [0.1, 0.15) is 18.0 Å². The van der Waals surface area contributed by atoms with Crippen molar-refractivity contribution in [2.75, 3.05) is 17.1 Å². The quantitative estimate of drug-likeness (QED) is 0.348. The highest BCUT2D eigenvalue weighted by molar-refractivity contribution is 7.91. The van der Waals surface area contributed by atoms with Crippen molar-refractivity contribution in [3.05, 3.63) is 71.7 Å². The van der Waals surface area contributed by atoms with Crippen molar-refractivity contribution < 1.29 is 26.7 Å². The van der Waals surface area contributed by atoms with Crippen LogP contribution in [0.4, 0.5) is 5.69 Å². The second-order valence-corrected chi connectivity index (χ2v) is 21.1. The molecule has 40 heavy (non-hydrogen) atoms. The van der Waals surface area contributed by atoms with Crippen LogP contribution < -0.4 is 13.8 Å². The van der Waals surface area contributed by atoms with E-state index in [9.17, 15) is 21.9 Å². The average molecular weight is 608 g/mol. The van der Waals surface area contributed by atoms with Gasteiger partial charge in [0.2, 0.25) is 15.9 Å². The van der Waals surface area contributed by atoms with Gasteiger partial charge >= 0.3 is 10.2 Å². The van der Waals surface area contributed by atoms with Gasteiger partial charge in [0, 0.05) is 20.7 Å². The van der Waals surface area contributed by atoms with Crippen molar-refractivity contribution in [3.8, 4) is 5.75 Å². The second-order valence-electron chi connectivity index (χ2n) is 12.0. The highest BCUT2D eigenvalue weighted by Gasteiger charge is 2.39. The van der Waals surface area contributed by atoms with E-state index in [0.717, 1.165) is 45.4 Å². The molecule has 0 bridgehead atoms. The van der Waals surface area contributed by atoms with Crippen LogP contribution in [0, 0.1) is 5.92 Å². The molecule has 2 aromatic rings. The number of hydrogen-bond acceptors (Lipinski definition) is 6. The predicted octanol–water partition coefficient (Wildman–Crippen LogP) is 4.98. The number of anilines is 1. The summed E-state index contributed by atoms with van der Waals surface area (Å²) in [6.45, 7) is 6.92. The fourth-order valence-corrected chi connectivity index (χ4v) is 8.59. The first kappa shape index (κ1) is 30.4. The predicted molar refractivity (Wildman–Crippen MR) is 162 cm³/mol. The lowest BCUT2D eigenvalue weighted by molar-refractivity contribution is 0.286. The summed E-state index contributed by atoms with van der Waals surface area (Å²) in [6, 6.07) is 15.6. The summed E-state index contributed by atoms with van der Waals surface area (Å²) in [6.07, 6.45) is 6.75. The molecule has 0 radical (unpaired) electrons. The molecule has 2 aromatic carbocycles. The van der Waals surface area contributed by atoms with E-state index in [4.69, 9.17) is 4.74 Å². The average Bonchev–Trinajstić information content (AvgIpc) is 3.09. The first-order chi connectivity index (χ1) is 18.7. The summed E-state index contributed by atoms with van der Waals surface area (Å²) < 4.78 is 62.2. The molecular weight excluding hydrogens is 567 g/mol. The molecule has 12 heteroatoms. The number of aliphatic hydroxyl groups is 1. The van der Waals surface area contributed by atoms with Crippen molar-refractivity contribution in [1.82, 2.24) is 9.03 Å². The first-order valence-corrected chi connectivity index (χ1v) is 20.7. The summed E-state index contributed by atoms with van der Waals surface area (Å²) in [5.74, 6) is 0.186. The molecule has 9 nitrogen and oxygen atoms in total. The Hall–Kier alpha value is -2.54. The molecule has 0 amide bonds. The monoisotopic (exact) mass is 607 g/mol. The van der Waals surface area contributed by atoms with E-state index in [2.05, 4.69) is 24.4 Å². The normalized spacial score (nSPS) is 21.4. The van der Waals surface area contributed by atoms with E-state index in [1.807, 2.05) is 42.5 Å². The van der Waals surface area contributed by atoms with Gasteiger partial charge in [-0.15, -0.1) is 0 Å². The molecule has 1 aliphatic heterocycles. The zero-order chi connectivity index (χ0) is 29.1. The third kappa shape index (κ3) is 7.80. The maximum atomic E-state index is 13.6. The highest BCUT2D eigenvalue weighted by atomic mass is 32.2. The zero-order valence-corrected chi connectivity index (χ0v) is 26.3. The number of nitrogens with one attached hydrogen (secondary N) is 1. The standard InChI is InChI=1S/C28H41N3O6S2Si/c1-38(33,34)29-25-13-9-8-12-24(25)18-23-14-15-26(27(19-23)37-21-22-10-6-5-7-11-22)31-20-28(32)30(39(31,35)36)16-17-40(2,3)4/h5-7,10-11,14-15,19-20,24-25,29,32H,8-9,12-13,16-18,21H2,1-4H3/t24-,25+/m0/s1. The van der Waals surface area contributed by atoms with Crippen LogP contribution in [0.2, 0.25) is 25.7 Å². The van der Waals surface area contributed by atoms with Crippen LogP contribution in [0.1, 0.15) is 36.8 Å². The van der Waals surface area contributed by atoms with Gasteiger partial charge in [0.25, 0.3) is 0 Å². The van der Waals surface area contributed by atoms with Crippen LogP contribution >= 0.6 is 0 Å². The number of benzene rings is 2. The first-order valence-electron chi connectivity index (χ1n) is 13.7. The van der Waals surface area contributed by atoms with Gasteiger partial charge in [0.05, 0.1) is 12.5 Å². The summed E-state index contributed by atoms with van der Waals surface area (Å²) in [4.78, 5) is 0. The molecule has 1 saturated carbocycles. The molecule has 1 aliphatic carbocycles. The SMILES string of the molecule is C[Si](C)(C)CCN1C(O)=CN(c2ccc(C[C@@H]3CCCC[C@H]3NS(C)(=O)=O)cc2OCc2ccccc2)S1(=O)=O. The number of aliphatic hydroxyl groups excluding tert-OH is 1. The molecule has 4 rings (SSSR count). The Bertz CT molecular complexity index is 1430. The van der Waals surface area contributed by atoms with E-state index in [-0.39, 0.29) is 31.0 Å². The number of sulfonamides is 1. The minimum Gasteiger partial charge on any atom is -0.493 e. The molecule has 2 atom stereocenters. The van der Waals surface area contributed by atoms with Crippen LogP contribution in [0.15, 0.2) is 60.6 Å². The topological polar surface area (TPSA) is 116 Å². The van der Waals surface area contributed by atoms with Gasteiger partial charge in [-0.2, -0.15) is 8.42 Å². The Kier molecular flexibility index (Phi) is 9.23. The van der Waals surface area contributed by atoms with Gasteiger partial charge in [-0.3, -0.25) is 0 Å². The lowest BCUT2D eigenvalue weighted by atomic mass is 9.81. The Morgan fingerprint density at radius 1 is 1.05 bits per heavy atom. The molecule has 0 aromatic heterocycles. The van der Waals surface area contributed by atoms with Crippen LogP contribution in [0.5, 0.6) is 5.75 Å². The number of nitrogens with zero attached hydrogens (tertiary/aromatic N) is 2. The van der Waals surface area contributed by atoms with E-state index < -0.39 is 28.3 Å². The van der Waals surface area contributed by atoms with Crippen LogP contribution in [0.3, 0.4) is 0 Å². The van der Waals surface area contributed by atoms with Crippen molar-refractivity contribution in [1.29, 1.82) is 0 Å². The fourth-order valence-electron chi connectivity index (χ4n) is 5.22. The third-order valence-electron chi connectivity index (χ3n) is 7.35. The Balaban J connectivity index is 1.64. The minimum absolute atomic E-state index is 0.118. The summed E-state index contributed by atoms with van der Waals surface area (Å²) in [5, 5.41) is 10.6. The molecule has 2 aliphatic rings. The molecule has 0 saturated heterocycles. The largest absolute Gasteiger partial charge is 0.493 e. The number of rotatable bonds is 11. The zero-order valence-electron chi connectivity index (χ0n) is 23.7. The minimum atomic E-state index is -4.04. The van der Waals surface area contributed by atoms with E-state index in [1.54, 1.807) is 6.07 Å². The third-order valence-corrected chi connectivity index (χ3v) is 11.5. The summed E-state index contributed by atoms with van der Waals surface area (Å²) in [5.41, 5.74) is 2.18. The maximum Gasteiger partial charge on any atom is 0.332 e.